The van der Waals surface area contributed by atoms with Crippen molar-refractivity contribution in [1.82, 2.24) is 5.32 Å². The summed E-state index contributed by atoms with van der Waals surface area (Å²) in [5.41, 5.74) is 1.14. The van der Waals surface area contributed by atoms with Gasteiger partial charge in [-0.05, 0) is 13.3 Å². The number of nitrogens with one attached hydrogen (secondary N) is 1. The summed E-state index contributed by atoms with van der Waals surface area (Å²) >= 11 is 0. The third kappa shape index (κ3) is 6.29. The molecule has 0 amide bonds. The SMILES string of the molecule is C=C(COC(=O)C(=C)C)NCCCC. The number of rotatable bonds is 7. The summed E-state index contributed by atoms with van der Waals surface area (Å²) in [6.45, 7) is 12.1. The minimum atomic E-state index is -0.372. The van der Waals surface area contributed by atoms with E-state index < -0.39 is 0 Å². The van der Waals surface area contributed by atoms with Gasteiger partial charge in [0.15, 0.2) is 0 Å². The Morgan fingerprint density at radius 2 is 2.07 bits per heavy atom. The van der Waals surface area contributed by atoms with Crippen molar-refractivity contribution in [2.24, 2.45) is 0 Å². The minimum absolute atomic E-state index is 0.218. The van der Waals surface area contributed by atoms with Crippen LogP contribution in [0.25, 0.3) is 0 Å². The van der Waals surface area contributed by atoms with Gasteiger partial charge in [-0.3, -0.25) is 0 Å². The summed E-state index contributed by atoms with van der Waals surface area (Å²) in [4.78, 5) is 11.0. The first-order valence-electron chi connectivity index (χ1n) is 4.82. The molecule has 0 unspecified atom stereocenters. The van der Waals surface area contributed by atoms with Gasteiger partial charge in [-0.1, -0.05) is 26.5 Å². The molecule has 14 heavy (non-hydrogen) atoms. The van der Waals surface area contributed by atoms with E-state index in [0.717, 1.165) is 25.1 Å². The van der Waals surface area contributed by atoms with Crippen LogP contribution in [0.5, 0.6) is 0 Å². The van der Waals surface area contributed by atoms with Gasteiger partial charge in [0.2, 0.25) is 0 Å². The lowest BCUT2D eigenvalue weighted by Gasteiger charge is -2.09. The maximum absolute atomic E-state index is 11.0. The maximum Gasteiger partial charge on any atom is 0.333 e. The Bertz CT molecular complexity index is 221. The summed E-state index contributed by atoms with van der Waals surface area (Å²) in [5, 5.41) is 3.08. The van der Waals surface area contributed by atoms with E-state index in [-0.39, 0.29) is 12.6 Å². The normalized spacial score (nSPS) is 9.29. The molecule has 0 spiro atoms. The molecule has 0 aromatic rings. The lowest BCUT2D eigenvalue weighted by atomic mass is 10.3. The standard InChI is InChI=1S/C11H19NO2/c1-5-6-7-12-10(4)8-14-11(13)9(2)3/h12H,2,4-8H2,1,3H3. The molecule has 0 bridgehead atoms. The smallest absolute Gasteiger partial charge is 0.333 e. The molecule has 0 aromatic heterocycles. The van der Waals surface area contributed by atoms with Gasteiger partial charge >= 0.3 is 5.97 Å². The highest BCUT2D eigenvalue weighted by Gasteiger charge is 2.03. The maximum atomic E-state index is 11.0. The summed E-state index contributed by atoms with van der Waals surface area (Å²) in [6.07, 6.45) is 2.22. The molecule has 0 rings (SSSR count). The van der Waals surface area contributed by atoms with Gasteiger partial charge in [0.1, 0.15) is 6.61 Å². The van der Waals surface area contributed by atoms with Gasteiger partial charge < -0.3 is 10.1 Å². The van der Waals surface area contributed by atoms with Gasteiger partial charge in [-0.15, -0.1) is 0 Å². The molecule has 0 aliphatic carbocycles. The number of carbonyl (C=O) groups is 1. The molecule has 80 valence electrons. The van der Waals surface area contributed by atoms with E-state index in [1.165, 1.54) is 0 Å². The van der Waals surface area contributed by atoms with Crippen LogP contribution in [0.1, 0.15) is 26.7 Å². The Labute approximate surface area is 85.8 Å². The highest BCUT2D eigenvalue weighted by molar-refractivity contribution is 5.87. The molecule has 0 atom stereocenters. The van der Waals surface area contributed by atoms with Crippen LogP contribution in [-0.4, -0.2) is 19.1 Å². The average molecular weight is 197 g/mol. The van der Waals surface area contributed by atoms with Crippen LogP contribution < -0.4 is 5.32 Å². The Hall–Kier alpha value is -1.25. The highest BCUT2D eigenvalue weighted by Crippen LogP contribution is 1.95. The van der Waals surface area contributed by atoms with Gasteiger partial charge in [0.25, 0.3) is 0 Å². The van der Waals surface area contributed by atoms with E-state index in [1.54, 1.807) is 6.92 Å². The topological polar surface area (TPSA) is 38.3 Å². The molecular weight excluding hydrogens is 178 g/mol. The van der Waals surface area contributed by atoms with Crippen LogP contribution >= 0.6 is 0 Å². The lowest BCUT2D eigenvalue weighted by Crippen LogP contribution is -2.19. The van der Waals surface area contributed by atoms with Crippen molar-refractivity contribution in [2.75, 3.05) is 13.2 Å². The summed E-state index contributed by atoms with van der Waals surface area (Å²) in [7, 11) is 0. The zero-order valence-electron chi connectivity index (χ0n) is 9.06. The second kappa shape index (κ2) is 7.18. The van der Waals surface area contributed by atoms with Crippen molar-refractivity contribution in [3.8, 4) is 0 Å². The van der Waals surface area contributed by atoms with Crippen molar-refractivity contribution < 1.29 is 9.53 Å². The van der Waals surface area contributed by atoms with Crippen molar-refractivity contribution in [3.05, 3.63) is 24.4 Å². The van der Waals surface area contributed by atoms with Crippen LogP contribution in [0.3, 0.4) is 0 Å². The molecule has 3 heteroatoms. The van der Waals surface area contributed by atoms with E-state index in [4.69, 9.17) is 4.74 Å². The number of ether oxygens (including phenoxy) is 1. The second-order valence-electron chi connectivity index (χ2n) is 3.24. The quantitative estimate of drug-likeness (QED) is 0.385. The van der Waals surface area contributed by atoms with Crippen LogP contribution in [0.15, 0.2) is 24.4 Å². The molecule has 0 radical (unpaired) electrons. The predicted octanol–water partition coefficient (Wildman–Crippen LogP) is 2.01. The van der Waals surface area contributed by atoms with Crippen LogP contribution in [0.4, 0.5) is 0 Å². The molecular formula is C11H19NO2. The van der Waals surface area contributed by atoms with E-state index in [9.17, 15) is 4.79 Å². The Morgan fingerprint density at radius 1 is 1.43 bits per heavy atom. The fraction of sp³-hybridized carbons (Fsp3) is 0.545. The third-order valence-electron chi connectivity index (χ3n) is 1.63. The fourth-order valence-corrected chi connectivity index (χ4v) is 0.769. The zero-order chi connectivity index (χ0) is 11.0. The first-order valence-corrected chi connectivity index (χ1v) is 4.82. The van der Waals surface area contributed by atoms with Gasteiger partial charge in [-0.2, -0.15) is 0 Å². The van der Waals surface area contributed by atoms with Gasteiger partial charge in [-0.25, -0.2) is 4.79 Å². The highest BCUT2D eigenvalue weighted by atomic mass is 16.5. The van der Waals surface area contributed by atoms with Crippen molar-refractivity contribution in [2.45, 2.75) is 26.7 Å². The molecule has 0 fully saturated rings. The Balaban J connectivity index is 3.54. The van der Waals surface area contributed by atoms with Crippen molar-refractivity contribution in [1.29, 1.82) is 0 Å². The van der Waals surface area contributed by atoms with Gasteiger partial charge in [0.05, 0.1) is 0 Å². The number of hydrogen-bond acceptors (Lipinski definition) is 3. The molecule has 0 aliphatic heterocycles. The lowest BCUT2D eigenvalue weighted by molar-refractivity contribution is -0.138. The molecule has 0 saturated carbocycles. The Kier molecular flexibility index (Phi) is 6.54. The molecule has 0 aromatic carbocycles. The molecule has 3 nitrogen and oxygen atoms in total. The summed E-state index contributed by atoms with van der Waals surface area (Å²) in [6, 6.07) is 0. The molecule has 0 aliphatic rings. The molecule has 0 saturated heterocycles. The number of carbonyl (C=O) groups excluding carboxylic acids is 1. The molecule has 1 N–H and O–H groups in total. The third-order valence-corrected chi connectivity index (χ3v) is 1.63. The number of hydrogen-bond donors (Lipinski definition) is 1. The monoisotopic (exact) mass is 197 g/mol. The van der Waals surface area contributed by atoms with E-state index in [0.29, 0.717) is 5.57 Å². The minimum Gasteiger partial charge on any atom is -0.456 e. The second-order valence-corrected chi connectivity index (χ2v) is 3.24. The number of esters is 1. The van der Waals surface area contributed by atoms with E-state index in [1.807, 2.05) is 0 Å². The number of unbranched alkanes of at least 4 members (excludes halogenated alkanes) is 1. The van der Waals surface area contributed by atoms with Crippen LogP contribution in [0, 0.1) is 0 Å². The van der Waals surface area contributed by atoms with Gasteiger partial charge in [0, 0.05) is 17.8 Å². The van der Waals surface area contributed by atoms with Crippen molar-refractivity contribution in [3.63, 3.8) is 0 Å². The molecule has 0 heterocycles. The Morgan fingerprint density at radius 3 is 2.57 bits per heavy atom. The first kappa shape index (κ1) is 12.8. The van der Waals surface area contributed by atoms with Crippen LogP contribution in [-0.2, 0) is 9.53 Å². The largest absolute Gasteiger partial charge is 0.456 e. The van der Waals surface area contributed by atoms with Crippen LogP contribution in [0.2, 0.25) is 0 Å². The summed E-state index contributed by atoms with van der Waals surface area (Å²) < 4.78 is 4.90. The van der Waals surface area contributed by atoms with E-state index >= 15 is 0 Å². The predicted molar refractivity (Wildman–Crippen MR) is 57.8 cm³/mol. The van der Waals surface area contributed by atoms with Crippen molar-refractivity contribution >= 4 is 5.97 Å². The van der Waals surface area contributed by atoms with E-state index in [2.05, 4.69) is 25.4 Å². The first-order chi connectivity index (χ1) is 6.57. The average Bonchev–Trinajstić information content (AvgIpc) is 2.14. The fourth-order valence-electron chi connectivity index (χ4n) is 0.769. The zero-order valence-corrected chi connectivity index (χ0v) is 9.06. The summed E-state index contributed by atoms with van der Waals surface area (Å²) in [5.74, 6) is -0.372.